The van der Waals surface area contributed by atoms with Gasteiger partial charge in [0.2, 0.25) is 12.7 Å². The minimum Gasteiger partial charge on any atom is -0.454 e. The number of anilines is 1. The zero-order valence-corrected chi connectivity index (χ0v) is 16.6. The molecule has 29 heavy (non-hydrogen) atoms. The Morgan fingerprint density at radius 1 is 0.931 bits per heavy atom. The summed E-state index contributed by atoms with van der Waals surface area (Å²) in [6.45, 7) is 4.82. The third-order valence-electron chi connectivity index (χ3n) is 4.83. The topological polar surface area (TPSA) is 59.6 Å². The average Bonchev–Trinajstić information content (AvgIpc) is 3.16. The van der Waals surface area contributed by atoms with Gasteiger partial charge >= 0.3 is 0 Å². The number of rotatable bonds is 6. The summed E-state index contributed by atoms with van der Waals surface area (Å²) in [4.78, 5) is 13.1. The van der Waals surface area contributed by atoms with Crippen LogP contribution in [0.1, 0.15) is 28.3 Å². The van der Waals surface area contributed by atoms with Crippen molar-refractivity contribution in [3.05, 3.63) is 89.0 Å². The Balaban J connectivity index is 1.52. The van der Waals surface area contributed by atoms with E-state index in [2.05, 4.69) is 16.7 Å². The lowest BCUT2D eigenvalue weighted by atomic mass is 10.0. The molecule has 2 N–H and O–H groups in total. The SMILES string of the molecule is Cc1cc(C)cc(NC(=O)C(NCc2ccc3c(c2)OCO3)c2ccccc2)c1. The van der Waals surface area contributed by atoms with Crippen molar-refractivity contribution in [3.63, 3.8) is 0 Å². The quantitative estimate of drug-likeness (QED) is 0.653. The summed E-state index contributed by atoms with van der Waals surface area (Å²) in [5.41, 5.74) is 4.97. The Bertz CT molecular complexity index is 998. The molecule has 1 aliphatic heterocycles. The van der Waals surface area contributed by atoms with E-state index in [-0.39, 0.29) is 12.7 Å². The van der Waals surface area contributed by atoms with Crippen molar-refractivity contribution in [1.82, 2.24) is 5.32 Å². The van der Waals surface area contributed by atoms with E-state index < -0.39 is 6.04 Å². The van der Waals surface area contributed by atoms with Crippen LogP contribution in [0.3, 0.4) is 0 Å². The highest BCUT2D eigenvalue weighted by Gasteiger charge is 2.21. The van der Waals surface area contributed by atoms with E-state index in [1.54, 1.807) is 0 Å². The van der Waals surface area contributed by atoms with Crippen LogP contribution in [0.15, 0.2) is 66.7 Å². The van der Waals surface area contributed by atoms with Crippen LogP contribution in [-0.4, -0.2) is 12.7 Å². The van der Waals surface area contributed by atoms with Gasteiger partial charge in [0.1, 0.15) is 6.04 Å². The molecule has 4 rings (SSSR count). The van der Waals surface area contributed by atoms with Gasteiger partial charge in [0.25, 0.3) is 0 Å². The van der Waals surface area contributed by atoms with Crippen LogP contribution in [0.5, 0.6) is 11.5 Å². The highest BCUT2D eigenvalue weighted by molar-refractivity contribution is 5.95. The molecular formula is C24H24N2O3. The van der Waals surface area contributed by atoms with Crippen LogP contribution in [0, 0.1) is 13.8 Å². The number of carbonyl (C=O) groups is 1. The second-order valence-electron chi connectivity index (χ2n) is 7.28. The first-order valence-corrected chi connectivity index (χ1v) is 9.64. The largest absolute Gasteiger partial charge is 0.454 e. The average molecular weight is 388 g/mol. The maximum Gasteiger partial charge on any atom is 0.246 e. The number of hydrogen-bond donors (Lipinski definition) is 2. The summed E-state index contributed by atoms with van der Waals surface area (Å²) in [7, 11) is 0. The molecule has 148 valence electrons. The second-order valence-corrected chi connectivity index (χ2v) is 7.28. The normalized spacial score (nSPS) is 13.2. The van der Waals surface area contributed by atoms with E-state index in [0.29, 0.717) is 6.54 Å². The standard InChI is InChI=1S/C24H24N2O3/c1-16-10-17(2)12-20(11-16)26-24(27)23(19-6-4-3-5-7-19)25-14-18-8-9-21-22(13-18)29-15-28-21/h3-13,23,25H,14-15H2,1-2H3,(H,26,27). The number of ether oxygens (including phenoxy) is 2. The van der Waals surface area contributed by atoms with Crippen LogP contribution in [0.2, 0.25) is 0 Å². The summed E-state index contributed by atoms with van der Waals surface area (Å²) in [6, 6.07) is 21.1. The molecule has 1 atom stereocenters. The lowest BCUT2D eigenvalue weighted by Crippen LogP contribution is -2.32. The van der Waals surface area contributed by atoms with Crippen LogP contribution < -0.4 is 20.1 Å². The Labute approximate surface area is 170 Å². The number of fused-ring (bicyclic) bond motifs is 1. The molecule has 0 fully saturated rings. The first-order chi connectivity index (χ1) is 14.1. The van der Waals surface area contributed by atoms with Crippen LogP contribution >= 0.6 is 0 Å². The zero-order valence-electron chi connectivity index (χ0n) is 16.6. The van der Waals surface area contributed by atoms with Gasteiger partial charge in [-0.25, -0.2) is 0 Å². The van der Waals surface area contributed by atoms with Crippen LogP contribution in [0.25, 0.3) is 0 Å². The number of benzene rings is 3. The highest BCUT2D eigenvalue weighted by Crippen LogP contribution is 2.32. The van der Waals surface area contributed by atoms with Gasteiger partial charge in [0.05, 0.1) is 0 Å². The minimum absolute atomic E-state index is 0.0954. The molecule has 0 saturated heterocycles. The summed E-state index contributed by atoms with van der Waals surface area (Å²) in [5, 5.41) is 6.44. The maximum absolute atomic E-state index is 13.1. The van der Waals surface area contributed by atoms with Crippen LogP contribution in [-0.2, 0) is 11.3 Å². The summed E-state index contributed by atoms with van der Waals surface area (Å²) < 4.78 is 10.8. The van der Waals surface area contributed by atoms with Gasteiger partial charge in [-0.1, -0.05) is 42.5 Å². The van der Waals surface area contributed by atoms with Crippen molar-refractivity contribution in [2.75, 3.05) is 12.1 Å². The first-order valence-electron chi connectivity index (χ1n) is 9.64. The van der Waals surface area contributed by atoms with Gasteiger partial charge in [-0.3, -0.25) is 10.1 Å². The van der Waals surface area contributed by atoms with Gasteiger partial charge in [-0.05, 0) is 60.4 Å². The lowest BCUT2D eigenvalue weighted by molar-refractivity contribution is -0.118. The molecule has 3 aromatic rings. The third-order valence-corrected chi connectivity index (χ3v) is 4.83. The molecule has 1 heterocycles. The number of aryl methyl sites for hydroxylation is 2. The smallest absolute Gasteiger partial charge is 0.246 e. The minimum atomic E-state index is -0.484. The molecule has 0 bridgehead atoms. The first kappa shape index (κ1) is 19.0. The van der Waals surface area contributed by atoms with Crippen molar-refractivity contribution in [1.29, 1.82) is 0 Å². The lowest BCUT2D eigenvalue weighted by Gasteiger charge is -2.19. The number of carbonyl (C=O) groups excluding carboxylic acids is 1. The van der Waals surface area contributed by atoms with E-state index in [9.17, 15) is 4.79 Å². The van der Waals surface area contributed by atoms with Crippen molar-refractivity contribution in [3.8, 4) is 11.5 Å². The number of nitrogens with one attached hydrogen (secondary N) is 2. The van der Waals surface area contributed by atoms with Gasteiger partial charge in [-0.15, -0.1) is 0 Å². The number of amides is 1. The molecule has 0 radical (unpaired) electrons. The molecule has 5 heteroatoms. The molecule has 1 amide bonds. The fraction of sp³-hybridized carbons (Fsp3) is 0.208. The summed E-state index contributed by atoms with van der Waals surface area (Å²) >= 11 is 0. The Hall–Kier alpha value is -3.31. The summed E-state index contributed by atoms with van der Waals surface area (Å²) in [5.74, 6) is 1.39. The maximum atomic E-state index is 13.1. The van der Waals surface area contributed by atoms with E-state index >= 15 is 0 Å². The van der Waals surface area contributed by atoms with E-state index in [4.69, 9.17) is 9.47 Å². The van der Waals surface area contributed by atoms with Crippen LogP contribution in [0.4, 0.5) is 5.69 Å². The van der Waals surface area contributed by atoms with Gasteiger partial charge in [-0.2, -0.15) is 0 Å². The van der Waals surface area contributed by atoms with E-state index in [1.807, 2.05) is 74.5 Å². The van der Waals surface area contributed by atoms with Crippen molar-refractivity contribution in [2.24, 2.45) is 0 Å². The van der Waals surface area contributed by atoms with Crippen molar-refractivity contribution < 1.29 is 14.3 Å². The van der Waals surface area contributed by atoms with E-state index in [1.165, 1.54) is 0 Å². The fourth-order valence-electron chi connectivity index (χ4n) is 3.54. The Morgan fingerprint density at radius 2 is 1.66 bits per heavy atom. The molecule has 5 nitrogen and oxygen atoms in total. The molecule has 0 spiro atoms. The molecule has 1 unspecified atom stereocenters. The van der Waals surface area contributed by atoms with Gasteiger partial charge in [0, 0.05) is 12.2 Å². The van der Waals surface area contributed by atoms with Gasteiger partial charge < -0.3 is 14.8 Å². The molecule has 1 aliphatic rings. The van der Waals surface area contributed by atoms with E-state index in [0.717, 1.165) is 39.4 Å². The second kappa shape index (κ2) is 8.37. The molecule has 3 aromatic carbocycles. The highest BCUT2D eigenvalue weighted by atomic mass is 16.7. The van der Waals surface area contributed by atoms with Crippen molar-refractivity contribution >= 4 is 11.6 Å². The molecule has 0 aromatic heterocycles. The van der Waals surface area contributed by atoms with Gasteiger partial charge in [0.15, 0.2) is 11.5 Å². The summed E-state index contributed by atoms with van der Waals surface area (Å²) in [6.07, 6.45) is 0. The predicted molar refractivity (Wildman–Crippen MR) is 113 cm³/mol. The third kappa shape index (κ3) is 4.58. The molecule has 0 aliphatic carbocycles. The molecule has 0 saturated carbocycles. The Kier molecular flexibility index (Phi) is 5.49. The molecular weight excluding hydrogens is 364 g/mol. The number of hydrogen-bond acceptors (Lipinski definition) is 4. The van der Waals surface area contributed by atoms with Crippen molar-refractivity contribution in [2.45, 2.75) is 26.4 Å². The fourth-order valence-corrected chi connectivity index (χ4v) is 3.54. The zero-order chi connectivity index (χ0) is 20.2. The predicted octanol–water partition coefficient (Wildman–Crippen LogP) is 4.50. The monoisotopic (exact) mass is 388 g/mol. The Morgan fingerprint density at radius 3 is 2.41 bits per heavy atom.